The van der Waals surface area contributed by atoms with E-state index in [1.807, 2.05) is 26.0 Å². The van der Waals surface area contributed by atoms with Crippen LogP contribution in [0.5, 0.6) is 0 Å². The van der Waals surface area contributed by atoms with Crippen LogP contribution in [0, 0.1) is 13.8 Å². The molecule has 1 aromatic heterocycles. The second kappa shape index (κ2) is 8.26. The Morgan fingerprint density at radius 3 is 2.52 bits per heavy atom. The molecule has 29 heavy (non-hydrogen) atoms. The normalized spacial score (nSPS) is 14.1. The van der Waals surface area contributed by atoms with E-state index in [1.54, 1.807) is 14.1 Å². The highest BCUT2D eigenvalue weighted by Gasteiger charge is 2.33. The summed E-state index contributed by atoms with van der Waals surface area (Å²) in [5.74, 6) is -0.342. The molecule has 0 N–H and O–H groups in total. The highest BCUT2D eigenvalue weighted by molar-refractivity contribution is 5.95. The monoisotopic (exact) mass is 396 g/mol. The molecular weight excluding hydrogens is 372 g/mol. The van der Waals surface area contributed by atoms with Gasteiger partial charge >= 0.3 is 0 Å². The van der Waals surface area contributed by atoms with Crippen LogP contribution in [0.15, 0.2) is 30.6 Å². The molecule has 2 heterocycles. The number of rotatable bonds is 5. The number of hydrogen-bond acceptors (Lipinski definition) is 5. The minimum absolute atomic E-state index is 0.161. The fraction of sp³-hybridized carbons (Fsp3) is 0.350. The van der Waals surface area contributed by atoms with Gasteiger partial charge in [0, 0.05) is 38.4 Å². The lowest BCUT2D eigenvalue weighted by Gasteiger charge is -2.27. The number of nitrogens with zero attached hydrogens (tertiary/aromatic N) is 6. The van der Waals surface area contributed by atoms with Crippen molar-refractivity contribution >= 4 is 23.9 Å². The SMILES string of the molecule is Cc1cc(C)cc(-c2ncn(/C=C\C(=O)N3CCC(=O)N3CC(=O)N(C)C)n2)c1. The molecule has 0 saturated carbocycles. The number of aromatic nitrogens is 3. The molecule has 0 unspecified atom stereocenters. The van der Waals surface area contributed by atoms with E-state index < -0.39 is 5.91 Å². The van der Waals surface area contributed by atoms with Crippen LogP contribution in [-0.2, 0) is 14.4 Å². The number of likely N-dealkylation sites (N-methyl/N-ethyl adjacent to an activating group) is 1. The predicted molar refractivity (Wildman–Crippen MR) is 107 cm³/mol. The number of hydrogen-bond donors (Lipinski definition) is 0. The lowest BCUT2D eigenvalue weighted by Crippen LogP contribution is -2.47. The summed E-state index contributed by atoms with van der Waals surface area (Å²) in [6.07, 6.45) is 4.50. The molecule has 152 valence electrons. The Labute approximate surface area is 169 Å². The summed E-state index contributed by atoms with van der Waals surface area (Å²) >= 11 is 0. The van der Waals surface area contributed by atoms with Crippen LogP contribution in [-0.4, -0.2) is 74.6 Å². The van der Waals surface area contributed by atoms with Crippen molar-refractivity contribution in [1.29, 1.82) is 0 Å². The first-order valence-corrected chi connectivity index (χ1v) is 9.24. The quantitative estimate of drug-likeness (QED) is 0.706. The molecule has 1 aromatic carbocycles. The molecule has 0 aliphatic carbocycles. The largest absolute Gasteiger partial charge is 0.347 e. The molecular formula is C20H24N6O3. The second-order valence-electron chi connectivity index (χ2n) is 7.19. The third-order valence-corrected chi connectivity index (χ3v) is 4.51. The fourth-order valence-corrected chi connectivity index (χ4v) is 3.07. The van der Waals surface area contributed by atoms with Crippen LogP contribution in [0.25, 0.3) is 17.6 Å². The summed E-state index contributed by atoms with van der Waals surface area (Å²) < 4.78 is 1.44. The van der Waals surface area contributed by atoms with Gasteiger partial charge in [-0.25, -0.2) is 19.7 Å². The highest BCUT2D eigenvalue weighted by atomic mass is 16.2. The van der Waals surface area contributed by atoms with Crippen LogP contribution in [0.3, 0.4) is 0 Å². The molecule has 0 bridgehead atoms. The van der Waals surface area contributed by atoms with Gasteiger partial charge < -0.3 is 4.90 Å². The zero-order valence-electron chi connectivity index (χ0n) is 17.0. The Kier molecular flexibility index (Phi) is 5.76. The topological polar surface area (TPSA) is 91.6 Å². The van der Waals surface area contributed by atoms with Gasteiger partial charge in [0.15, 0.2) is 5.82 Å². The Balaban J connectivity index is 1.71. The van der Waals surface area contributed by atoms with Crippen molar-refractivity contribution in [3.05, 3.63) is 41.7 Å². The van der Waals surface area contributed by atoms with Gasteiger partial charge in [0.25, 0.3) is 5.91 Å². The van der Waals surface area contributed by atoms with E-state index in [0.717, 1.165) is 16.7 Å². The molecule has 2 aromatic rings. The van der Waals surface area contributed by atoms with Crippen LogP contribution in [0.1, 0.15) is 17.5 Å². The minimum atomic E-state index is -0.397. The van der Waals surface area contributed by atoms with Crippen LogP contribution in [0.2, 0.25) is 0 Å². The van der Waals surface area contributed by atoms with Crippen LogP contribution >= 0.6 is 0 Å². The molecule has 1 aliphatic heterocycles. The van der Waals surface area contributed by atoms with Gasteiger partial charge in [-0.05, 0) is 26.0 Å². The summed E-state index contributed by atoms with van der Waals surface area (Å²) in [4.78, 5) is 42.2. The van der Waals surface area contributed by atoms with Crippen LogP contribution in [0.4, 0.5) is 0 Å². The third kappa shape index (κ3) is 4.68. The van der Waals surface area contributed by atoms with Crippen molar-refractivity contribution in [2.24, 2.45) is 0 Å². The molecule has 0 radical (unpaired) electrons. The number of aryl methyl sites for hydroxylation is 2. The predicted octanol–water partition coefficient (Wildman–Crippen LogP) is 1.10. The van der Waals surface area contributed by atoms with E-state index in [0.29, 0.717) is 5.82 Å². The Bertz CT molecular complexity index is 958. The van der Waals surface area contributed by atoms with E-state index >= 15 is 0 Å². The first-order chi connectivity index (χ1) is 13.7. The van der Waals surface area contributed by atoms with Crippen molar-refractivity contribution in [2.45, 2.75) is 20.3 Å². The van der Waals surface area contributed by atoms with Gasteiger partial charge in [-0.1, -0.05) is 17.2 Å². The van der Waals surface area contributed by atoms with Crippen molar-refractivity contribution in [1.82, 2.24) is 29.7 Å². The Morgan fingerprint density at radius 2 is 1.86 bits per heavy atom. The maximum atomic E-state index is 12.6. The maximum absolute atomic E-state index is 12.6. The van der Waals surface area contributed by atoms with E-state index in [1.165, 1.54) is 38.2 Å². The third-order valence-electron chi connectivity index (χ3n) is 4.51. The van der Waals surface area contributed by atoms with Crippen molar-refractivity contribution in [2.75, 3.05) is 27.2 Å². The van der Waals surface area contributed by atoms with E-state index in [4.69, 9.17) is 0 Å². The van der Waals surface area contributed by atoms with E-state index in [2.05, 4.69) is 16.1 Å². The number of carbonyl (C=O) groups is 3. The lowest BCUT2D eigenvalue weighted by atomic mass is 10.1. The molecule has 9 heteroatoms. The molecule has 1 aliphatic rings. The fourth-order valence-electron chi connectivity index (χ4n) is 3.07. The van der Waals surface area contributed by atoms with Gasteiger partial charge in [0.1, 0.15) is 12.9 Å². The summed E-state index contributed by atoms with van der Waals surface area (Å²) in [6.45, 7) is 4.10. The zero-order valence-corrected chi connectivity index (χ0v) is 17.0. The molecule has 0 spiro atoms. The number of carbonyl (C=O) groups excluding carboxylic acids is 3. The number of benzene rings is 1. The standard InChI is InChI=1S/C20H24N6O3/c1-14-9-15(2)11-16(10-14)20-21-13-24(22-20)7-5-17(27)25-8-6-18(28)26(25)12-19(29)23(3)4/h5,7,9-11,13H,6,8,12H2,1-4H3/b7-5-. The molecule has 1 fully saturated rings. The van der Waals surface area contributed by atoms with Gasteiger partial charge in [-0.15, -0.1) is 5.10 Å². The summed E-state index contributed by atoms with van der Waals surface area (Å²) in [6, 6.07) is 6.07. The second-order valence-corrected chi connectivity index (χ2v) is 7.19. The van der Waals surface area contributed by atoms with Gasteiger partial charge in [0.05, 0.1) is 6.54 Å². The molecule has 0 atom stereocenters. The van der Waals surface area contributed by atoms with Gasteiger partial charge in [-0.2, -0.15) is 0 Å². The zero-order chi connectivity index (χ0) is 21.1. The average Bonchev–Trinajstić information content (AvgIpc) is 3.26. The Morgan fingerprint density at radius 1 is 1.17 bits per heavy atom. The maximum Gasteiger partial charge on any atom is 0.266 e. The Hall–Kier alpha value is -3.49. The summed E-state index contributed by atoms with van der Waals surface area (Å²) in [7, 11) is 3.21. The minimum Gasteiger partial charge on any atom is -0.347 e. The van der Waals surface area contributed by atoms with E-state index in [-0.39, 0.29) is 31.3 Å². The van der Waals surface area contributed by atoms with Crippen molar-refractivity contribution in [3.63, 3.8) is 0 Å². The molecule has 9 nitrogen and oxygen atoms in total. The summed E-state index contributed by atoms with van der Waals surface area (Å²) in [5.41, 5.74) is 3.14. The smallest absolute Gasteiger partial charge is 0.266 e. The van der Waals surface area contributed by atoms with Crippen LogP contribution < -0.4 is 0 Å². The van der Waals surface area contributed by atoms with Gasteiger partial charge in [0.2, 0.25) is 11.8 Å². The highest BCUT2D eigenvalue weighted by Crippen LogP contribution is 2.18. The molecule has 3 amide bonds. The number of amides is 3. The first kappa shape index (κ1) is 20.2. The average molecular weight is 396 g/mol. The summed E-state index contributed by atoms with van der Waals surface area (Å²) in [5, 5.41) is 6.85. The number of hydrazine groups is 1. The van der Waals surface area contributed by atoms with Crippen molar-refractivity contribution < 1.29 is 14.4 Å². The first-order valence-electron chi connectivity index (χ1n) is 9.24. The molecule has 3 rings (SSSR count). The molecule has 1 saturated heterocycles. The van der Waals surface area contributed by atoms with Crippen molar-refractivity contribution in [3.8, 4) is 11.4 Å². The van der Waals surface area contributed by atoms with E-state index in [9.17, 15) is 14.4 Å². The van der Waals surface area contributed by atoms with Gasteiger partial charge in [-0.3, -0.25) is 14.4 Å². The lowest BCUT2D eigenvalue weighted by molar-refractivity contribution is -0.155.